The van der Waals surface area contributed by atoms with Gasteiger partial charge in [-0.05, 0) is 0 Å². The number of rotatable bonds is 8. The van der Waals surface area contributed by atoms with Gasteiger partial charge in [-0.1, -0.05) is 0 Å². The molecule has 74 valence electrons. The van der Waals surface area contributed by atoms with Gasteiger partial charge in [0, 0.05) is 23.0 Å². The van der Waals surface area contributed by atoms with E-state index in [0.717, 1.165) is 0 Å². The lowest BCUT2D eigenvalue weighted by molar-refractivity contribution is 0.225. The maximum absolute atomic E-state index is 9.30. The van der Waals surface area contributed by atoms with E-state index in [4.69, 9.17) is 10.2 Å². The third-order valence-corrected chi connectivity index (χ3v) is 3.28. The standard InChI is InChI=1S/C7H16O3S2/c8-1-3-11-5-7(10)6-12-4-2-9/h7-10H,1-6H2. The second-order valence-corrected chi connectivity index (χ2v) is 4.55. The maximum atomic E-state index is 9.30. The van der Waals surface area contributed by atoms with Gasteiger partial charge in [0.15, 0.2) is 0 Å². The first kappa shape index (κ1) is 12.6. The fraction of sp³-hybridized carbons (Fsp3) is 1.00. The molecular weight excluding hydrogens is 196 g/mol. The van der Waals surface area contributed by atoms with Gasteiger partial charge in [-0.15, -0.1) is 0 Å². The number of aliphatic hydroxyl groups excluding tert-OH is 3. The Balaban J connectivity index is 3.04. The molecule has 5 heteroatoms. The number of hydrogen-bond acceptors (Lipinski definition) is 5. The summed E-state index contributed by atoms with van der Waals surface area (Å²) in [6, 6.07) is 0. The predicted molar refractivity (Wildman–Crippen MR) is 54.8 cm³/mol. The van der Waals surface area contributed by atoms with Gasteiger partial charge < -0.3 is 15.3 Å². The van der Waals surface area contributed by atoms with Crippen LogP contribution in [0.15, 0.2) is 0 Å². The van der Waals surface area contributed by atoms with Crippen LogP contribution in [0.4, 0.5) is 0 Å². The van der Waals surface area contributed by atoms with Gasteiger partial charge in [0.2, 0.25) is 0 Å². The monoisotopic (exact) mass is 212 g/mol. The highest BCUT2D eigenvalue weighted by molar-refractivity contribution is 8.00. The Bertz CT molecular complexity index is 82.7. The summed E-state index contributed by atoms with van der Waals surface area (Å²) < 4.78 is 0. The topological polar surface area (TPSA) is 60.7 Å². The molecule has 0 rings (SSSR count). The van der Waals surface area contributed by atoms with Gasteiger partial charge in [-0.2, -0.15) is 23.5 Å². The zero-order valence-electron chi connectivity index (χ0n) is 6.98. The lowest BCUT2D eigenvalue weighted by atomic mass is 10.5. The summed E-state index contributed by atoms with van der Waals surface area (Å²) in [5.74, 6) is 2.70. The van der Waals surface area contributed by atoms with Crippen LogP contribution in [0.3, 0.4) is 0 Å². The molecule has 0 saturated carbocycles. The van der Waals surface area contributed by atoms with Crippen molar-refractivity contribution in [1.29, 1.82) is 0 Å². The molecule has 0 fully saturated rings. The van der Waals surface area contributed by atoms with Gasteiger partial charge >= 0.3 is 0 Å². The Kier molecular flexibility index (Phi) is 10.1. The van der Waals surface area contributed by atoms with Gasteiger partial charge in [0.1, 0.15) is 0 Å². The van der Waals surface area contributed by atoms with Crippen molar-refractivity contribution in [3.05, 3.63) is 0 Å². The molecule has 0 amide bonds. The Hall–Kier alpha value is 0.580. The molecule has 0 heterocycles. The van der Waals surface area contributed by atoms with E-state index in [1.165, 1.54) is 0 Å². The first-order valence-corrected chi connectivity index (χ1v) is 6.17. The van der Waals surface area contributed by atoms with Crippen LogP contribution >= 0.6 is 23.5 Å². The molecule has 0 aliphatic rings. The SMILES string of the molecule is OCCSCC(O)CSCCO. The molecule has 0 aromatic heterocycles. The first-order valence-electron chi connectivity index (χ1n) is 3.86. The Morgan fingerprint density at radius 3 is 1.67 bits per heavy atom. The van der Waals surface area contributed by atoms with E-state index in [2.05, 4.69) is 0 Å². The molecule has 0 unspecified atom stereocenters. The summed E-state index contributed by atoms with van der Waals surface area (Å²) in [7, 11) is 0. The average molecular weight is 212 g/mol. The molecule has 0 aromatic rings. The number of aliphatic hydroxyl groups is 3. The molecule has 0 atom stereocenters. The van der Waals surface area contributed by atoms with Crippen LogP contribution in [-0.4, -0.2) is 57.6 Å². The molecular formula is C7H16O3S2. The normalized spacial score (nSPS) is 11.0. The molecule has 0 bridgehead atoms. The zero-order chi connectivity index (χ0) is 9.23. The molecule has 3 nitrogen and oxygen atoms in total. The van der Waals surface area contributed by atoms with Crippen molar-refractivity contribution in [2.75, 3.05) is 36.2 Å². The highest BCUT2D eigenvalue weighted by atomic mass is 32.2. The molecule has 12 heavy (non-hydrogen) atoms. The lowest BCUT2D eigenvalue weighted by Crippen LogP contribution is -2.14. The van der Waals surface area contributed by atoms with E-state index in [9.17, 15) is 5.11 Å². The molecule has 0 aromatic carbocycles. The van der Waals surface area contributed by atoms with Crippen LogP contribution in [0.2, 0.25) is 0 Å². The summed E-state index contributed by atoms with van der Waals surface area (Å²) in [5, 5.41) is 26.2. The summed E-state index contributed by atoms with van der Waals surface area (Å²) in [6.07, 6.45) is -0.321. The quantitative estimate of drug-likeness (QED) is 0.486. The van der Waals surface area contributed by atoms with Crippen molar-refractivity contribution < 1.29 is 15.3 Å². The Labute approximate surface area is 81.6 Å². The van der Waals surface area contributed by atoms with E-state index >= 15 is 0 Å². The average Bonchev–Trinajstić information content (AvgIpc) is 2.06. The largest absolute Gasteiger partial charge is 0.396 e. The summed E-state index contributed by atoms with van der Waals surface area (Å²) in [4.78, 5) is 0. The van der Waals surface area contributed by atoms with Gasteiger partial charge in [0.05, 0.1) is 19.3 Å². The minimum Gasteiger partial charge on any atom is -0.396 e. The van der Waals surface area contributed by atoms with Crippen molar-refractivity contribution in [2.45, 2.75) is 6.10 Å². The molecule has 0 aliphatic heterocycles. The van der Waals surface area contributed by atoms with Crippen LogP contribution in [0, 0.1) is 0 Å². The van der Waals surface area contributed by atoms with Gasteiger partial charge in [-0.3, -0.25) is 0 Å². The van der Waals surface area contributed by atoms with Crippen molar-refractivity contribution in [3.8, 4) is 0 Å². The van der Waals surface area contributed by atoms with E-state index in [1.807, 2.05) is 0 Å². The summed E-state index contributed by atoms with van der Waals surface area (Å²) in [6.45, 7) is 0.336. The van der Waals surface area contributed by atoms with Crippen molar-refractivity contribution in [3.63, 3.8) is 0 Å². The summed E-state index contributed by atoms with van der Waals surface area (Å²) in [5.41, 5.74) is 0. The fourth-order valence-electron chi connectivity index (χ4n) is 0.616. The summed E-state index contributed by atoms with van der Waals surface area (Å²) >= 11 is 3.09. The van der Waals surface area contributed by atoms with Crippen LogP contribution in [-0.2, 0) is 0 Å². The third-order valence-electron chi connectivity index (χ3n) is 1.09. The highest BCUT2D eigenvalue weighted by Crippen LogP contribution is 2.07. The van der Waals surface area contributed by atoms with Crippen LogP contribution in [0.25, 0.3) is 0 Å². The molecule has 0 saturated heterocycles. The molecule has 3 N–H and O–H groups in total. The molecule has 0 radical (unpaired) electrons. The van der Waals surface area contributed by atoms with E-state index in [1.54, 1.807) is 23.5 Å². The Morgan fingerprint density at radius 1 is 0.917 bits per heavy atom. The highest BCUT2D eigenvalue weighted by Gasteiger charge is 2.03. The van der Waals surface area contributed by atoms with Crippen molar-refractivity contribution in [2.24, 2.45) is 0 Å². The van der Waals surface area contributed by atoms with Crippen LogP contribution in [0.5, 0.6) is 0 Å². The predicted octanol–water partition coefficient (Wildman–Crippen LogP) is -0.202. The second kappa shape index (κ2) is 9.67. The van der Waals surface area contributed by atoms with Crippen LogP contribution in [0.1, 0.15) is 0 Å². The lowest BCUT2D eigenvalue weighted by Gasteiger charge is -2.08. The number of thioether (sulfide) groups is 2. The Morgan fingerprint density at radius 2 is 1.33 bits per heavy atom. The minimum absolute atomic E-state index is 0.168. The van der Waals surface area contributed by atoms with Crippen LogP contribution < -0.4 is 0 Å². The van der Waals surface area contributed by atoms with Gasteiger partial charge in [0.25, 0.3) is 0 Å². The first-order chi connectivity index (χ1) is 5.81. The number of hydrogen-bond donors (Lipinski definition) is 3. The smallest absolute Gasteiger partial charge is 0.0720 e. The van der Waals surface area contributed by atoms with E-state index in [0.29, 0.717) is 23.0 Å². The molecule has 0 spiro atoms. The van der Waals surface area contributed by atoms with E-state index < -0.39 is 0 Å². The molecule has 0 aliphatic carbocycles. The fourth-order valence-corrected chi connectivity index (χ4v) is 2.14. The maximum Gasteiger partial charge on any atom is 0.0720 e. The van der Waals surface area contributed by atoms with Crippen molar-refractivity contribution in [1.82, 2.24) is 0 Å². The van der Waals surface area contributed by atoms with Gasteiger partial charge in [-0.25, -0.2) is 0 Å². The zero-order valence-corrected chi connectivity index (χ0v) is 8.61. The van der Waals surface area contributed by atoms with Crippen molar-refractivity contribution >= 4 is 23.5 Å². The third kappa shape index (κ3) is 8.67. The second-order valence-electron chi connectivity index (χ2n) is 2.25. The van der Waals surface area contributed by atoms with E-state index in [-0.39, 0.29) is 19.3 Å². The minimum atomic E-state index is -0.321.